The molecule has 1 atom stereocenters. The molecular weight excluding hydrogens is 485 g/mol. The van der Waals surface area contributed by atoms with Gasteiger partial charge in [-0.3, -0.25) is 9.59 Å². The lowest BCUT2D eigenvalue weighted by Gasteiger charge is -2.14. The number of ether oxygens (including phenoxy) is 1. The molecule has 1 unspecified atom stereocenters. The van der Waals surface area contributed by atoms with Crippen LogP contribution in [-0.4, -0.2) is 23.6 Å². The van der Waals surface area contributed by atoms with E-state index in [4.69, 9.17) is 39.5 Å². The van der Waals surface area contributed by atoms with Gasteiger partial charge < -0.3 is 10.1 Å². The van der Waals surface area contributed by atoms with Gasteiger partial charge in [0.15, 0.2) is 6.10 Å². The Labute approximate surface area is 206 Å². The number of carbonyl (C=O) groups is 2. The van der Waals surface area contributed by atoms with Crippen LogP contribution in [0, 0.1) is 0 Å². The minimum Gasteiger partial charge on any atom is -0.479 e. The number of hydrazone groups is 1. The van der Waals surface area contributed by atoms with Crippen molar-refractivity contribution in [2.45, 2.75) is 20.0 Å². The molecule has 0 aliphatic rings. The Hall–Kier alpha value is -3.06. The molecule has 0 saturated carbocycles. The molecule has 3 rings (SSSR count). The minimum absolute atomic E-state index is 0.244. The summed E-state index contributed by atoms with van der Waals surface area (Å²) in [5, 5.41) is 8.28. The summed E-state index contributed by atoms with van der Waals surface area (Å²) in [5.74, 6) is -0.334. The van der Waals surface area contributed by atoms with E-state index in [2.05, 4.69) is 15.8 Å². The molecule has 0 radical (unpaired) electrons. The van der Waals surface area contributed by atoms with Crippen LogP contribution in [0.15, 0.2) is 71.8 Å². The number of amides is 2. The molecule has 9 heteroatoms. The fourth-order valence-corrected chi connectivity index (χ4v) is 3.29. The molecule has 0 fully saturated rings. The summed E-state index contributed by atoms with van der Waals surface area (Å²) in [6.45, 7) is 3.34. The molecule has 2 amide bonds. The van der Waals surface area contributed by atoms with Crippen molar-refractivity contribution in [2.24, 2.45) is 5.10 Å². The second-order valence-corrected chi connectivity index (χ2v) is 8.33. The largest absolute Gasteiger partial charge is 0.479 e. The highest BCUT2D eigenvalue weighted by molar-refractivity contribution is 6.35. The van der Waals surface area contributed by atoms with E-state index in [-0.39, 0.29) is 5.91 Å². The average Bonchev–Trinajstić information content (AvgIpc) is 2.79. The smallest absolute Gasteiger partial charge is 0.280 e. The summed E-state index contributed by atoms with van der Waals surface area (Å²) in [6, 6.07) is 18.4. The zero-order valence-electron chi connectivity index (χ0n) is 17.7. The predicted molar refractivity (Wildman–Crippen MR) is 133 cm³/mol. The number of nitrogens with one attached hydrogen (secondary N) is 2. The third-order valence-corrected chi connectivity index (χ3v) is 5.35. The molecule has 6 nitrogen and oxygen atoms in total. The van der Waals surface area contributed by atoms with Crippen LogP contribution in [0.3, 0.4) is 0 Å². The molecule has 170 valence electrons. The van der Waals surface area contributed by atoms with Crippen LogP contribution in [0.2, 0.25) is 15.1 Å². The maximum absolute atomic E-state index is 12.3. The van der Waals surface area contributed by atoms with E-state index < -0.39 is 12.0 Å². The highest BCUT2D eigenvalue weighted by Gasteiger charge is 2.16. The third kappa shape index (κ3) is 6.96. The molecular formula is C24H20Cl3N3O3. The van der Waals surface area contributed by atoms with E-state index in [1.807, 2.05) is 0 Å². The van der Waals surface area contributed by atoms with Crippen molar-refractivity contribution in [3.05, 3.63) is 92.9 Å². The topological polar surface area (TPSA) is 79.8 Å². The van der Waals surface area contributed by atoms with Gasteiger partial charge in [-0.1, -0.05) is 46.9 Å². The van der Waals surface area contributed by atoms with Crippen molar-refractivity contribution in [2.75, 3.05) is 5.32 Å². The predicted octanol–water partition coefficient (Wildman–Crippen LogP) is 6.21. The standard InChI is InChI=1S/C24H20Cl3N3O3/c1-14(29-30-23(31)15(2)33-22-12-9-19(26)13-21(22)27)16-5-10-20(11-6-16)28-24(32)17-3-7-18(25)8-4-17/h3-13,15H,1-2H3,(H,28,32)(H,30,31)/b29-14-. The van der Waals surface area contributed by atoms with Gasteiger partial charge in [0, 0.05) is 21.3 Å². The van der Waals surface area contributed by atoms with Gasteiger partial charge in [-0.2, -0.15) is 5.10 Å². The quantitative estimate of drug-likeness (QED) is 0.297. The zero-order chi connectivity index (χ0) is 24.0. The van der Waals surface area contributed by atoms with Gasteiger partial charge in [-0.15, -0.1) is 0 Å². The fourth-order valence-electron chi connectivity index (χ4n) is 2.71. The third-order valence-electron chi connectivity index (χ3n) is 4.57. The van der Waals surface area contributed by atoms with E-state index in [0.717, 1.165) is 5.56 Å². The van der Waals surface area contributed by atoms with Gasteiger partial charge >= 0.3 is 0 Å². The maximum atomic E-state index is 12.3. The number of rotatable bonds is 7. The van der Waals surface area contributed by atoms with Crippen LogP contribution in [-0.2, 0) is 4.79 Å². The first kappa shape index (κ1) is 24.6. The summed E-state index contributed by atoms with van der Waals surface area (Å²) in [6.07, 6.45) is -0.828. The van der Waals surface area contributed by atoms with Crippen LogP contribution < -0.4 is 15.5 Å². The fraction of sp³-hybridized carbons (Fsp3) is 0.125. The Kier molecular flexibility index (Phi) is 8.33. The number of carbonyl (C=O) groups excluding carboxylic acids is 2. The van der Waals surface area contributed by atoms with Crippen LogP contribution in [0.5, 0.6) is 5.75 Å². The van der Waals surface area contributed by atoms with Crippen molar-refractivity contribution in [1.82, 2.24) is 5.43 Å². The Morgan fingerprint density at radius 2 is 1.48 bits per heavy atom. The normalized spacial score (nSPS) is 12.1. The van der Waals surface area contributed by atoms with Crippen molar-refractivity contribution >= 4 is 58.0 Å². The second-order valence-electron chi connectivity index (χ2n) is 7.05. The van der Waals surface area contributed by atoms with Crippen molar-refractivity contribution < 1.29 is 14.3 Å². The van der Waals surface area contributed by atoms with Crippen LogP contribution in [0.1, 0.15) is 29.8 Å². The van der Waals surface area contributed by atoms with Gasteiger partial charge in [0.05, 0.1) is 10.7 Å². The minimum atomic E-state index is -0.828. The Morgan fingerprint density at radius 3 is 2.12 bits per heavy atom. The molecule has 0 aliphatic carbocycles. The van der Waals surface area contributed by atoms with E-state index in [1.165, 1.54) is 6.07 Å². The van der Waals surface area contributed by atoms with Crippen LogP contribution in [0.25, 0.3) is 0 Å². The average molecular weight is 505 g/mol. The Bertz CT molecular complexity index is 1180. The van der Waals surface area contributed by atoms with Gasteiger partial charge in [0.2, 0.25) is 0 Å². The zero-order valence-corrected chi connectivity index (χ0v) is 20.0. The van der Waals surface area contributed by atoms with Gasteiger partial charge in [-0.25, -0.2) is 5.43 Å². The van der Waals surface area contributed by atoms with Gasteiger partial charge in [-0.05, 0) is 74.0 Å². The summed E-state index contributed by atoms with van der Waals surface area (Å²) >= 11 is 17.8. The molecule has 0 saturated heterocycles. The van der Waals surface area contributed by atoms with E-state index in [0.29, 0.717) is 37.8 Å². The monoisotopic (exact) mass is 503 g/mol. The van der Waals surface area contributed by atoms with E-state index >= 15 is 0 Å². The van der Waals surface area contributed by atoms with Gasteiger partial charge in [0.25, 0.3) is 11.8 Å². The van der Waals surface area contributed by atoms with E-state index in [9.17, 15) is 9.59 Å². The molecule has 0 aliphatic heterocycles. The molecule has 2 N–H and O–H groups in total. The second kappa shape index (κ2) is 11.2. The first-order valence-corrected chi connectivity index (χ1v) is 11.0. The number of hydrogen-bond acceptors (Lipinski definition) is 4. The number of anilines is 1. The highest BCUT2D eigenvalue weighted by Crippen LogP contribution is 2.28. The lowest BCUT2D eigenvalue weighted by Crippen LogP contribution is -2.34. The summed E-state index contributed by atoms with van der Waals surface area (Å²) in [5.41, 5.74) is 4.95. The van der Waals surface area contributed by atoms with Crippen LogP contribution in [0.4, 0.5) is 5.69 Å². The molecule has 33 heavy (non-hydrogen) atoms. The van der Waals surface area contributed by atoms with E-state index in [1.54, 1.807) is 74.5 Å². The Morgan fingerprint density at radius 1 is 0.879 bits per heavy atom. The van der Waals surface area contributed by atoms with Crippen molar-refractivity contribution in [3.8, 4) is 5.75 Å². The highest BCUT2D eigenvalue weighted by atomic mass is 35.5. The molecule has 0 bridgehead atoms. The van der Waals surface area contributed by atoms with Crippen molar-refractivity contribution in [3.63, 3.8) is 0 Å². The number of nitrogens with zero attached hydrogens (tertiary/aromatic N) is 1. The summed E-state index contributed by atoms with van der Waals surface area (Å²) in [4.78, 5) is 24.6. The summed E-state index contributed by atoms with van der Waals surface area (Å²) < 4.78 is 5.58. The molecule has 0 heterocycles. The number of halogens is 3. The Balaban J connectivity index is 1.56. The molecule has 3 aromatic rings. The summed E-state index contributed by atoms with van der Waals surface area (Å²) in [7, 11) is 0. The number of hydrogen-bond donors (Lipinski definition) is 2. The van der Waals surface area contributed by atoms with Crippen LogP contribution >= 0.6 is 34.8 Å². The van der Waals surface area contributed by atoms with Gasteiger partial charge in [0.1, 0.15) is 5.75 Å². The SMILES string of the molecule is C/C(=N/NC(=O)C(C)Oc1ccc(Cl)cc1Cl)c1ccc(NC(=O)c2ccc(Cl)cc2)cc1. The first-order valence-electron chi connectivity index (χ1n) is 9.86. The maximum Gasteiger partial charge on any atom is 0.280 e. The first-order chi connectivity index (χ1) is 15.7. The molecule has 3 aromatic carbocycles. The lowest BCUT2D eigenvalue weighted by atomic mass is 10.1. The molecule has 0 aromatic heterocycles. The van der Waals surface area contributed by atoms with Crippen molar-refractivity contribution in [1.29, 1.82) is 0 Å². The number of benzene rings is 3. The lowest BCUT2D eigenvalue weighted by molar-refractivity contribution is -0.127. The molecule has 0 spiro atoms.